The molecule has 0 fully saturated rings. The molecule has 0 spiro atoms. The second kappa shape index (κ2) is 10.2. The van der Waals surface area contributed by atoms with E-state index in [4.69, 9.17) is 15.2 Å². The molecule has 9 nitrogen and oxygen atoms in total. The second-order valence-corrected chi connectivity index (χ2v) is 6.87. The SMILES string of the molecule is COc1cc(OC(F)(F)F)ccc1Oc1ccc(C(F)(F)F)c(F)c1C(=O)Nc1cnc(C(N)=O)nc1. The Bertz CT molecular complexity index is 1330. The Hall–Kier alpha value is -4.63. The number of rotatable bonds is 7. The molecule has 1 aromatic heterocycles. The molecule has 0 atom stereocenters. The number of amides is 2. The molecule has 0 bridgehead atoms. The fourth-order valence-electron chi connectivity index (χ4n) is 2.84. The monoisotopic (exact) mass is 534 g/mol. The molecule has 0 saturated heterocycles. The van der Waals surface area contributed by atoms with Crippen molar-refractivity contribution in [2.75, 3.05) is 12.4 Å². The van der Waals surface area contributed by atoms with Crippen LogP contribution in [0.2, 0.25) is 0 Å². The third kappa shape index (κ3) is 6.53. The lowest BCUT2D eigenvalue weighted by molar-refractivity contribution is -0.274. The summed E-state index contributed by atoms with van der Waals surface area (Å²) in [5.41, 5.74) is 1.73. The lowest BCUT2D eigenvalue weighted by atomic mass is 10.1. The molecule has 3 N–H and O–H groups in total. The first kappa shape index (κ1) is 27.0. The van der Waals surface area contributed by atoms with Crippen molar-refractivity contribution in [3.8, 4) is 23.0 Å². The van der Waals surface area contributed by atoms with E-state index in [9.17, 15) is 40.3 Å². The highest BCUT2D eigenvalue weighted by Gasteiger charge is 2.38. The number of anilines is 1. The summed E-state index contributed by atoms with van der Waals surface area (Å²) >= 11 is 0. The highest BCUT2D eigenvalue weighted by molar-refractivity contribution is 6.06. The summed E-state index contributed by atoms with van der Waals surface area (Å²) in [6.07, 6.45) is -8.45. The van der Waals surface area contributed by atoms with E-state index in [2.05, 4.69) is 20.0 Å². The minimum atomic E-state index is -5.20. The van der Waals surface area contributed by atoms with Crippen molar-refractivity contribution in [1.29, 1.82) is 0 Å². The highest BCUT2D eigenvalue weighted by atomic mass is 19.4. The lowest BCUT2D eigenvalue weighted by Crippen LogP contribution is -2.20. The van der Waals surface area contributed by atoms with Crippen LogP contribution in [0.15, 0.2) is 42.7 Å². The molecule has 196 valence electrons. The van der Waals surface area contributed by atoms with Crippen molar-refractivity contribution in [3.63, 3.8) is 0 Å². The summed E-state index contributed by atoms with van der Waals surface area (Å²) in [6.45, 7) is 0. The molecule has 16 heteroatoms. The van der Waals surface area contributed by atoms with Crippen LogP contribution in [0.3, 0.4) is 0 Å². The van der Waals surface area contributed by atoms with Crippen LogP contribution in [0, 0.1) is 5.82 Å². The molecule has 0 radical (unpaired) electrons. The van der Waals surface area contributed by atoms with Gasteiger partial charge in [0, 0.05) is 6.07 Å². The fourth-order valence-corrected chi connectivity index (χ4v) is 2.84. The fraction of sp³-hybridized carbons (Fsp3) is 0.143. The quantitative estimate of drug-likeness (QED) is 0.422. The molecule has 3 aromatic rings. The number of carbonyl (C=O) groups is 2. The summed E-state index contributed by atoms with van der Waals surface area (Å²) in [5.74, 6) is -7.12. The number of benzene rings is 2. The van der Waals surface area contributed by atoms with Crippen LogP contribution in [0.25, 0.3) is 0 Å². The topological polar surface area (TPSA) is 126 Å². The first-order chi connectivity index (χ1) is 17.2. The molecule has 0 saturated carbocycles. The molecule has 0 aliphatic carbocycles. The van der Waals surface area contributed by atoms with Crippen LogP contribution in [0.1, 0.15) is 26.5 Å². The molecule has 2 amide bonds. The third-order valence-corrected chi connectivity index (χ3v) is 4.35. The Balaban J connectivity index is 2.02. The standard InChI is InChI=1S/C21H13F7N4O5/c1-35-14-6-10(37-21(26,27)28)2-4-12(14)36-13-5-3-11(20(23,24)25)16(22)15(13)19(34)32-9-7-30-18(17(29)33)31-8-9/h2-8H,1H3,(H2,29,33)(H,32,34). The van der Waals surface area contributed by atoms with Gasteiger partial charge in [-0.15, -0.1) is 13.2 Å². The summed E-state index contributed by atoms with van der Waals surface area (Å²) in [7, 11) is 1.04. The van der Waals surface area contributed by atoms with E-state index >= 15 is 0 Å². The van der Waals surface area contributed by atoms with Gasteiger partial charge in [0.1, 0.15) is 17.1 Å². The number of aromatic nitrogens is 2. The maximum atomic E-state index is 15.0. The first-order valence-corrected chi connectivity index (χ1v) is 9.64. The molecule has 2 aromatic carbocycles. The summed E-state index contributed by atoms with van der Waals surface area (Å²) in [5, 5.41) is 2.05. The predicted molar refractivity (Wildman–Crippen MR) is 110 cm³/mol. The van der Waals surface area contributed by atoms with E-state index < -0.39 is 58.6 Å². The number of alkyl halides is 6. The van der Waals surface area contributed by atoms with Crippen molar-refractivity contribution < 1.29 is 54.5 Å². The number of halogens is 7. The number of primary amides is 1. The van der Waals surface area contributed by atoms with Crippen LogP contribution in [-0.4, -0.2) is 35.3 Å². The largest absolute Gasteiger partial charge is 0.573 e. The number of hydrogen-bond donors (Lipinski definition) is 2. The van der Waals surface area contributed by atoms with Gasteiger partial charge in [-0.3, -0.25) is 9.59 Å². The van der Waals surface area contributed by atoms with Crippen LogP contribution in [0.4, 0.5) is 36.4 Å². The molecule has 0 unspecified atom stereocenters. The minimum absolute atomic E-state index is 0.246. The number of methoxy groups -OCH3 is 1. The lowest BCUT2D eigenvalue weighted by Gasteiger charge is -2.17. The Morgan fingerprint density at radius 1 is 0.946 bits per heavy atom. The van der Waals surface area contributed by atoms with Crippen molar-refractivity contribution in [2.45, 2.75) is 12.5 Å². The minimum Gasteiger partial charge on any atom is -0.493 e. The molecule has 0 aliphatic heterocycles. The van der Waals surface area contributed by atoms with E-state index in [0.29, 0.717) is 12.1 Å². The Kier molecular flexibility index (Phi) is 7.40. The van der Waals surface area contributed by atoms with E-state index in [1.807, 2.05) is 0 Å². The number of carbonyl (C=O) groups excluding carboxylic acids is 2. The van der Waals surface area contributed by atoms with Gasteiger partial charge in [0.2, 0.25) is 5.82 Å². The highest BCUT2D eigenvalue weighted by Crippen LogP contribution is 2.40. The zero-order chi connectivity index (χ0) is 27.5. The maximum Gasteiger partial charge on any atom is 0.573 e. The Morgan fingerprint density at radius 3 is 2.11 bits per heavy atom. The van der Waals surface area contributed by atoms with E-state index in [0.717, 1.165) is 37.7 Å². The van der Waals surface area contributed by atoms with Gasteiger partial charge in [0.05, 0.1) is 30.8 Å². The van der Waals surface area contributed by atoms with Crippen molar-refractivity contribution in [1.82, 2.24) is 9.97 Å². The van der Waals surface area contributed by atoms with Gasteiger partial charge >= 0.3 is 12.5 Å². The molecule has 37 heavy (non-hydrogen) atoms. The van der Waals surface area contributed by atoms with E-state index in [-0.39, 0.29) is 17.2 Å². The van der Waals surface area contributed by atoms with E-state index in [1.165, 1.54) is 0 Å². The molecule has 3 rings (SSSR count). The smallest absolute Gasteiger partial charge is 0.493 e. The zero-order valence-corrected chi connectivity index (χ0v) is 18.2. The van der Waals surface area contributed by atoms with Gasteiger partial charge in [-0.25, -0.2) is 14.4 Å². The van der Waals surface area contributed by atoms with Gasteiger partial charge in [-0.2, -0.15) is 13.2 Å². The Labute approximate surface area is 202 Å². The maximum absolute atomic E-state index is 15.0. The normalized spacial score (nSPS) is 11.6. The van der Waals surface area contributed by atoms with Crippen LogP contribution in [-0.2, 0) is 6.18 Å². The van der Waals surface area contributed by atoms with Gasteiger partial charge in [0.15, 0.2) is 17.3 Å². The number of ether oxygens (including phenoxy) is 3. The third-order valence-electron chi connectivity index (χ3n) is 4.35. The predicted octanol–water partition coefficient (Wildman–Crippen LogP) is 4.69. The molecule has 0 aliphatic rings. The average molecular weight is 534 g/mol. The van der Waals surface area contributed by atoms with Crippen LogP contribution < -0.4 is 25.3 Å². The summed E-state index contributed by atoms with van der Waals surface area (Å²) < 4.78 is 106. The molecular weight excluding hydrogens is 521 g/mol. The number of hydrogen-bond acceptors (Lipinski definition) is 7. The van der Waals surface area contributed by atoms with Crippen molar-refractivity contribution in [3.05, 3.63) is 65.5 Å². The van der Waals surface area contributed by atoms with Gasteiger partial charge in [-0.05, 0) is 24.3 Å². The second-order valence-electron chi connectivity index (χ2n) is 6.87. The van der Waals surface area contributed by atoms with E-state index in [1.54, 1.807) is 0 Å². The van der Waals surface area contributed by atoms with Gasteiger partial charge < -0.3 is 25.3 Å². The summed E-state index contributed by atoms with van der Waals surface area (Å²) in [4.78, 5) is 30.9. The number of nitrogens with zero attached hydrogens (tertiary/aromatic N) is 2. The van der Waals surface area contributed by atoms with Crippen LogP contribution in [0.5, 0.6) is 23.0 Å². The Morgan fingerprint density at radius 2 is 1.57 bits per heavy atom. The number of nitrogens with two attached hydrogens (primary N) is 1. The summed E-state index contributed by atoms with van der Waals surface area (Å²) in [6, 6.07) is 3.38. The van der Waals surface area contributed by atoms with Crippen molar-refractivity contribution in [2.24, 2.45) is 5.73 Å². The average Bonchev–Trinajstić information content (AvgIpc) is 2.78. The van der Waals surface area contributed by atoms with Gasteiger partial charge in [-0.1, -0.05) is 0 Å². The molecular formula is C21H13F7N4O5. The first-order valence-electron chi connectivity index (χ1n) is 9.64. The molecule has 1 heterocycles. The zero-order valence-electron chi connectivity index (χ0n) is 18.2. The van der Waals surface area contributed by atoms with Gasteiger partial charge in [0.25, 0.3) is 11.8 Å². The van der Waals surface area contributed by atoms with Crippen molar-refractivity contribution >= 4 is 17.5 Å². The number of nitrogens with one attached hydrogen (secondary N) is 1. The van der Waals surface area contributed by atoms with Crippen LogP contribution >= 0.6 is 0 Å².